The van der Waals surface area contributed by atoms with Crippen LogP contribution >= 0.6 is 22.9 Å². The average Bonchev–Trinajstić information content (AvgIpc) is 3.56. The van der Waals surface area contributed by atoms with Gasteiger partial charge in [-0.15, -0.1) is 11.3 Å². The first-order valence-corrected chi connectivity index (χ1v) is 12.2. The van der Waals surface area contributed by atoms with Gasteiger partial charge in [-0.25, -0.2) is 4.68 Å². The number of carbonyl (C=O) groups excluding carboxylic acids is 1. The third kappa shape index (κ3) is 4.81. The van der Waals surface area contributed by atoms with E-state index in [4.69, 9.17) is 16.7 Å². The van der Waals surface area contributed by atoms with E-state index in [0.29, 0.717) is 22.8 Å². The number of hydrogen-bond donors (Lipinski definition) is 1. The summed E-state index contributed by atoms with van der Waals surface area (Å²) in [7, 11) is 0. The highest BCUT2D eigenvalue weighted by Crippen LogP contribution is 2.29. The summed E-state index contributed by atoms with van der Waals surface area (Å²) in [6.45, 7) is 0. The molecule has 1 atom stereocenters. The predicted molar refractivity (Wildman–Crippen MR) is 139 cm³/mol. The van der Waals surface area contributed by atoms with Gasteiger partial charge < -0.3 is 5.32 Å². The second-order valence-corrected chi connectivity index (χ2v) is 9.24. The highest BCUT2D eigenvalue weighted by atomic mass is 35.5. The van der Waals surface area contributed by atoms with Gasteiger partial charge in [-0.3, -0.25) is 4.79 Å². The Hall–Kier alpha value is -3.67. The minimum Gasteiger partial charge on any atom is -0.344 e. The number of rotatable bonds is 7. The van der Waals surface area contributed by atoms with Crippen molar-refractivity contribution in [1.29, 1.82) is 0 Å². The number of carbonyl (C=O) groups is 1. The predicted octanol–water partition coefficient (Wildman–Crippen LogP) is 6.97. The lowest BCUT2D eigenvalue weighted by Crippen LogP contribution is -2.31. The molecule has 0 saturated carbocycles. The summed E-state index contributed by atoms with van der Waals surface area (Å²) in [6, 6.07) is 33.2. The Morgan fingerprint density at radius 1 is 0.912 bits per heavy atom. The SMILES string of the molecule is O=C(NC(Cc1ccccc1)c1ccccc1)c1cc(-c2cccs2)nn1-c1ccccc1Cl. The molecule has 1 unspecified atom stereocenters. The first-order valence-electron chi connectivity index (χ1n) is 11.0. The van der Waals surface area contributed by atoms with E-state index in [1.807, 2.05) is 90.3 Å². The number of thiophene rings is 1. The normalized spacial score (nSPS) is 11.8. The lowest BCUT2D eigenvalue weighted by Gasteiger charge is -2.20. The molecule has 5 rings (SSSR count). The van der Waals surface area contributed by atoms with Gasteiger partial charge in [0.15, 0.2) is 0 Å². The highest BCUT2D eigenvalue weighted by Gasteiger charge is 2.23. The minimum atomic E-state index is -0.208. The summed E-state index contributed by atoms with van der Waals surface area (Å²) in [6.07, 6.45) is 0.675. The molecule has 168 valence electrons. The molecule has 4 nitrogen and oxygen atoms in total. The lowest BCUT2D eigenvalue weighted by molar-refractivity contribution is 0.0928. The van der Waals surface area contributed by atoms with Crippen LogP contribution in [-0.2, 0) is 6.42 Å². The second-order valence-electron chi connectivity index (χ2n) is 7.88. The third-order valence-corrected chi connectivity index (χ3v) is 6.80. The van der Waals surface area contributed by atoms with Crippen LogP contribution < -0.4 is 5.32 Å². The second kappa shape index (κ2) is 10.1. The zero-order valence-electron chi connectivity index (χ0n) is 18.3. The van der Waals surface area contributed by atoms with Crippen molar-refractivity contribution >= 4 is 28.8 Å². The van der Waals surface area contributed by atoms with Crippen LogP contribution in [0.1, 0.15) is 27.7 Å². The molecule has 2 heterocycles. The number of hydrogen-bond acceptors (Lipinski definition) is 3. The van der Waals surface area contributed by atoms with Crippen LogP contribution in [0, 0.1) is 0 Å². The van der Waals surface area contributed by atoms with Crippen LogP contribution in [0.15, 0.2) is 109 Å². The van der Waals surface area contributed by atoms with Crippen LogP contribution in [0.3, 0.4) is 0 Å². The summed E-state index contributed by atoms with van der Waals surface area (Å²) in [5.74, 6) is -0.208. The lowest BCUT2D eigenvalue weighted by atomic mass is 9.98. The molecular formula is C28H22ClN3OS. The maximum absolute atomic E-state index is 13.7. The summed E-state index contributed by atoms with van der Waals surface area (Å²) in [4.78, 5) is 14.7. The van der Waals surface area contributed by atoms with E-state index in [9.17, 15) is 4.79 Å². The van der Waals surface area contributed by atoms with E-state index in [2.05, 4.69) is 17.4 Å². The Morgan fingerprint density at radius 3 is 2.32 bits per heavy atom. The van der Waals surface area contributed by atoms with Gasteiger partial charge in [0.2, 0.25) is 0 Å². The number of aromatic nitrogens is 2. The number of halogens is 1. The van der Waals surface area contributed by atoms with Crippen LogP contribution in [-0.4, -0.2) is 15.7 Å². The molecule has 0 fully saturated rings. The van der Waals surface area contributed by atoms with Crippen molar-refractivity contribution in [3.8, 4) is 16.3 Å². The van der Waals surface area contributed by atoms with Gasteiger partial charge in [0.05, 0.1) is 21.6 Å². The number of amides is 1. The number of para-hydroxylation sites is 1. The van der Waals surface area contributed by atoms with Crippen molar-refractivity contribution in [3.05, 3.63) is 130 Å². The molecule has 6 heteroatoms. The number of nitrogens with zero attached hydrogens (tertiary/aromatic N) is 2. The zero-order valence-corrected chi connectivity index (χ0v) is 19.8. The molecule has 0 spiro atoms. The topological polar surface area (TPSA) is 46.9 Å². The monoisotopic (exact) mass is 483 g/mol. The van der Waals surface area contributed by atoms with Gasteiger partial charge >= 0.3 is 0 Å². The first kappa shape index (κ1) is 22.1. The largest absolute Gasteiger partial charge is 0.344 e. The van der Waals surface area contributed by atoms with Crippen LogP contribution in [0.5, 0.6) is 0 Å². The highest BCUT2D eigenvalue weighted by molar-refractivity contribution is 7.13. The van der Waals surface area contributed by atoms with Gasteiger partial charge in [-0.2, -0.15) is 5.10 Å². The van der Waals surface area contributed by atoms with E-state index >= 15 is 0 Å². The van der Waals surface area contributed by atoms with Gasteiger partial charge in [0.1, 0.15) is 11.4 Å². The van der Waals surface area contributed by atoms with Crippen molar-refractivity contribution < 1.29 is 4.79 Å². The van der Waals surface area contributed by atoms with Crippen molar-refractivity contribution in [2.45, 2.75) is 12.5 Å². The summed E-state index contributed by atoms with van der Waals surface area (Å²) in [5.41, 5.74) is 4.03. The molecule has 34 heavy (non-hydrogen) atoms. The van der Waals surface area contributed by atoms with E-state index in [1.54, 1.807) is 22.1 Å². The van der Waals surface area contributed by atoms with Crippen molar-refractivity contribution in [2.75, 3.05) is 0 Å². The van der Waals surface area contributed by atoms with Crippen molar-refractivity contribution in [1.82, 2.24) is 15.1 Å². The van der Waals surface area contributed by atoms with E-state index < -0.39 is 0 Å². The Bertz CT molecular complexity index is 1380. The van der Waals surface area contributed by atoms with Crippen LogP contribution in [0.2, 0.25) is 5.02 Å². The third-order valence-electron chi connectivity index (χ3n) is 5.59. The molecule has 0 bridgehead atoms. The molecule has 0 aliphatic heterocycles. The standard InChI is InChI=1S/C28H22ClN3OS/c29-22-14-7-8-15-25(22)32-26(19-24(31-32)27-16-9-17-34-27)28(33)30-23(21-12-5-2-6-13-21)18-20-10-3-1-4-11-20/h1-17,19,23H,18H2,(H,30,33). The molecule has 2 aromatic heterocycles. The van der Waals surface area contributed by atoms with Gasteiger partial charge in [-0.05, 0) is 47.2 Å². The molecule has 0 aliphatic carbocycles. The Kier molecular flexibility index (Phi) is 6.56. The average molecular weight is 484 g/mol. The molecule has 0 saturated heterocycles. The maximum atomic E-state index is 13.7. The fraction of sp³-hybridized carbons (Fsp3) is 0.0714. The van der Waals surface area contributed by atoms with Crippen molar-refractivity contribution in [2.24, 2.45) is 0 Å². The van der Waals surface area contributed by atoms with E-state index in [0.717, 1.165) is 21.7 Å². The van der Waals surface area contributed by atoms with Gasteiger partial charge in [0, 0.05) is 0 Å². The summed E-state index contributed by atoms with van der Waals surface area (Å²) in [5, 5.41) is 10.5. The van der Waals surface area contributed by atoms with Crippen LogP contribution in [0.25, 0.3) is 16.3 Å². The quantitative estimate of drug-likeness (QED) is 0.272. The summed E-state index contributed by atoms with van der Waals surface area (Å²) >= 11 is 8.07. The Balaban J connectivity index is 1.53. The number of benzene rings is 3. The Morgan fingerprint density at radius 2 is 1.62 bits per heavy atom. The maximum Gasteiger partial charge on any atom is 0.270 e. The van der Waals surface area contributed by atoms with Crippen LogP contribution in [0.4, 0.5) is 0 Å². The first-order chi connectivity index (χ1) is 16.7. The van der Waals surface area contributed by atoms with Gasteiger partial charge in [0.25, 0.3) is 5.91 Å². The molecule has 3 aromatic carbocycles. The fourth-order valence-electron chi connectivity index (χ4n) is 3.91. The minimum absolute atomic E-state index is 0.198. The molecule has 1 N–H and O–H groups in total. The summed E-state index contributed by atoms with van der Waals surface area (Å²) < 4.78 is 1.64. The fourth-order valence-corrected chi connectivity index (χ4v) is 4.81. The van der Waals surface area contributed by atoms with E-state index in [1.165, 1.54) is 0 Å². The number of nitrogens with one attached hydrogen (secondary N) is 1. The zero-order chi connectivity index (χ0) is 23.3. The molecule has 0 aliphatic rings. The molecular weight excluding hydrogens is 462 g/mol. The van der Waals surface area contributed by atoms with E-state index in [-0.39, 0.29) is 11.9 Å². The Labute approximate surface area is 207 Å². The van der Waals surface area contributed by atoms with Gasteiger partial charge in [-0.1, -0.05) is 90.5 Å². The van der Waals surface area contributed by atoms with Crippen molar-refractivity contribution in [3.63, 3.8) is 0 Å². The molecule has 5 aromatic rings. The smallest absolute Gasteiger partial charge is 0.270 e. The molecule has 0 radical (unpaired) electrons. The molecule has 1 amide bonds.